The largest absolute Gasteiger partial charge is 0.460 e. The fourth-order valence-corrected chi connectivity index (χ4v) is 9.30. The Morgan fingerprint density at radius 3 is 2.45 bits per heavy atom. The van der Waals surface area contributed by atoms with Crippen LogP contribution in [0.4, 0.5) is 0 Å². The van der Waals surface area contributed by atoms with Gasteiger partial charge >= 0.3 is 17.9 Å². The number of hydrogen-bond donors (Lipinski definition) is 2. The molecule has 1 heterocycles. The normalized spacial score (nSPS) is 43.1. The molecule has 9 atom stereocenters. The monoisotopic (exact) mass is 560 g/mol. The number of cyclic esters (lactones) is 1. The van der Waals surface area contributed by atoms with E-state index in [0.29, 0.717) is 44.9 Å². The van der Waals surface area contributed by atoms with Crippen LogP contribution in [0.25, 0.3) is 0 Å². The van der Waals surface area contributed by atoms with E-state index in [1.165, 1.54) is 6.92 Å². The number of esters is 3. The summed E-state index contributed by atoms with van der Waals surface area (Å²) in [7, 11) is 0. The zero-order valence-electron chi connectivity index (χ0n) is 24.1. The predicted octanol–water partition coefficient (Wildman–Crippen LogP) is 3.43. The summed E-state index contributed by atoms with van der Waals surface area (Å²) in [5.74, 6) is -1.63. The molecule has 0 aromatic rings. The van der Waals surface area contributed by atoms with Crippen molar-refractivity contribution in [1.29, 1.82) is 0 Å². The van der Waals surface area contributed by atoms with Crippen molar-refractivity contribution in [2.75, 3.05) is 6.61 Å². The Bertz CT molecular complexity index is 1100. The minimum absolute atomic E-state index is 0.0460. The third-order valence-corrected chi connectivity index (χ3v) is 11.3. The highest BCUT2D eigenvalue weighted by Crippen LogP contribution is 2.70. The van der Waals surface area contributed by atoms with Gasteiger partial charge in [-0.05, 0) is 87.5 Å². The number of rotatable bonds is 7. The molecule has 9 heteroatoms. The first kappa shape index (κ1) is 29.2. The number of fused-ring (bicyclic) bond motifs is 5. The second-order valence-electron chi connectivity index (χ2n) is 13.8. The Hall–Kier alpha value is -2.26. The van der Waals surface area contributed by atoms with Crippen molar-refractivity contribution in [3.63, 3.8) is 0 Å². The third kappa shape index (κ3) is 4.42. The van der Waals surface area contributed by atoms with Gasteiger partial charge in [-0.25, -0.2) is 9.59 Å². The van der Waals surface area contributed by atoms with Crippen LogP contribution >= 0.6 is 0 Å². The predicted molar refractivity (Wildman–Crippen MR) is 142 cm³/mol. The SMILES string of the molecule is CC(C)CC(=O)OC(C)C(=O)O[C@H]1CC[C@]2(C=O)[C@H]3CC[C@]4(C)[C@@H](C5=CC(=O)OC5)CC[C@]4(O)[C@@H]3CC[C@]2(O)C1. The average molecular weight is 561 g/mol. The van der Waals surface area contributed by atoms with Crippen LogP contribution in [0.1, 0.15) is 91.9 Å². The Kier molecular flexibility index (Phi) is 7.48. The van der Waals surface area contributed by atoms with Crippen molar-refractivity contribution < 1.29 is 43.6 Å². The fraction of sp³-hybridized carbons (Fsp3) is 0.806. The maximum absolute atomic E-state index is 12.9. The highest BCUT2D eigenvalue weighted by molar-refractivity contribution is 5.85. The van der Waals surface area contributed by atoms with Gasteiger partial charge < -0.3 is 29.2 Å². The summed E-state index contributed by atoms with van der Waals surface area (Å²) in [5.41, 5.74) is -2.89. The Morgan fingerprint density at radius 1 is 1.07 bits per heavy atom. The quantitative estimate of drug-likeness (QED) is 0.273. The number of hydrogen-bond acceptors (Lipinski definition) is 9. The first-order valence-corrected chi connectivity index (χ1v) is 15.0. The van der Waals surface area contributed by atoms with Gasteiger partial charge in [-0.1, -0.05) is 20.8 Å². The summed E-state index contributed by atoms with van der Waals surface area (Å²) in [6.07, 6.45) is 5.58. The molecule has 0 saturated heterocycles. The Labute approximate surface area is 236 Å². The summed E-state index contributed by atoms with van der Waals surface area (Å²) in [5, 5.41) is 24.4. The highest BCUT2D eigenvalue weighted by Gasteiger charge is 2.71. The van der Waals surface area contributed by atoms with Gasteiger partial charge in [0.2, 0.25) is 0 Å². The molecule has 4 saturated carbocycles. The minimum Gasteiger partial charge on any atom is -0.460 e. The summed E-state index contributed by atoms with van der Waals surface area (Å²) >= 11 is 0. The molecule has 5 aliphatic rings. The van der Waals surface area contributed by atoms with Crippen LogP contribution in [0.2, 0.25) is 0 Å². The molecule has 40 heavy (non-hydrogen) atoms. The van der Waals surface area contributed by atoms with Crippen LogP contribution in [0.15, 0.2) is 11.6 Å². The molecule has 2 N–H and O–H groups in total. The van der Waals surface area contributed by atoms with E-state index in [2.05, 4.69) is 6.92 Å². The lowest BCUT2D eigenvalue weighted by Gasteiger charge is -2.65. The highest BCUT2D eigenvalue weighted by atomic mass is 16.6. The first-order valence-electron chi connectivity index (χ1n) is 15.0. The van der Waals surface area contributed by atoms with Gasteiger partial charge in [-0.3, -0.25) is 4.79 Å². The molecule has 1 unspecified atom stereocenters. The fourth-order valence-electron chi connectivity index (χ4n) is 9.30. The average Bonchev–Trinajstić information content (AvgIpc) is 3.42. The lowest BCUT2D eigenvalue weighted by Crippen LogP contribution is -2.69. The molecule has 0 amide bonds. The van der Waals surface area contributed by atoms with E-state index >= 15 is 0 Å². The molecular weight excluding hydrogens is 516 g/mol. The van der Waals surface area contributed by atoms with Crippen LogP contribution in [-0.4, -0.2) is 64.4 Å². The first-order chi connectivity index (χ1) is 18.8. The number of aliphatic hydroxyl groups is 2. The van der Waals surface area contributed by atoms with E-state index in [1.807, 2.05) is 13.8 Å². The van der Waals surface area contributed by atoms with Crippen LogP contribution in [-0.2, 0) is 33.4 Å². The zero-order valence-corrected chi connectivity index (χ0v) is 24.1. The number of carbonyl (C=O) groups excluding carboxylic acids is 4. The molecule has 0 radical (unpaired) electrons. The summed E-state index contributed by atoms with van der Waals surface area (Å²) in [6.45, 7) is 7.65. The molecule has 5 rings (SSSR count). The van der Waals surface area contributed by atoms with E-state index in [1.54, 1.807) is 6.08 Å². The van der Waals surface area contributed by atoms with Gasteiger partial charge in [0.1, 0.15) is 19.0 Å². The van der Waals surface area contributed by atoms with Crippen molar-refractivity contribution in [1.82, 2.24) is 0 Å². The van der Waals surface area contributed by atoms with Gasteiger partial charge in [0.15, 0.2) is 6.10 Å². The Morgan fingerprint density at radius 2 is 1.80 bits per heavy atom. The van der Waals surface area contributed by atoms with Gasteiger partial charge in [0, 0.05) is 24.3 Å². The number of aldehydes is 1. The second kappa shape index (κ2) is 10.2. The molecule has 0 bridgehead atoms. The van der Waals surface area contributed by atoms with Gasteiger partial charge in [-0.15, -0.1) is 0 Å². The maximum atomic E-state index is 12.9. The summed E-state index contributed by atoms with van der Waals surface area (Å²) in [6, 6.07) is 0. The van der Waals surface area contributed by atoms with E-state index in [4.69, 9.17) is 14.2 Å². The summed E-state index contributed by atoms with van der Waals surface area (Å²) < 4.78 is 16.1. The van der Waals surface area contributed by atoms with Crippen molar-refractivity contribution in [3.8, 4) is 0 Å². The zero-order chi connectivity index (χ0) is 29.1. The van der Waals surface area contributed by atoms with Crippen molar-refractivity contribution in [3.05, 3.63) is 11.6 Å². The molecule has 9 nitrogen and oxygen atoms in total. The van der Waals surface area contributed by atoms with Crippen LogP contribution in [0.5, 0.6) is 0 Å². The van der Waals surface area contributed by atoms with Crippen molar-refractivity contribution in [2.45, 2.75) is 115 Å². The van der Waals surface area contributed by atoms with E-state index in [-0.39, 0.29) is 49.1 Å². The van der Waals surface area contributed by atoms with E-state index in [0.717, 1.165) is 18.3 Å². The third-order valence-electron chi connectivity index (χ3n) is 11.3. The smallest absolute Gasteiger partial charge is 0.347 e. The van der Waals surface area contributed by atoms with Crippen LogP contribution in [0, 0.1) is 34.5 Å². The lowest BCUT2D eigenvalue weighted by molar-refractivity contribution is -0.250. The van der Waals surface area contributed by atoms with Gasteiger partial charge in [0.25, 0.3) is 0 Å². The standard InChI is InChI=1S/C31H44O9/c1-18(2)13-26(34)39-19(3)27(35)40-21-5-10-29(17-32)23-6-9-28(4)22(20-14-25(33)38-16-20)8-12-31(28,37)24(23)7-11-30(29,36)15-21/h14,17-19,21-24,36-37H,5-13,15-16H2,1-4H3/t19?,21-,22+,23-,24+,28+,29-,30-,31-/m0/s1. The minimum atomic E-state index is -1.35. The molecule has 1 aliphatic heterocycles. The summed E-state index contributed by atoms with van der Waals surface area (Å²) in [4.78, 5) is 49.4. The van der Waals surface area contributed by atoms with E-state index < -0.39 is 46.2 Å². The van der Waals surface area contributed by atoms with E-state index in [9.17, 15) is 29.4 Å². The van der Waals surface area contributed by atoms with Crippen molar-refractivity contribution >= 4 is 24.2 Å². The number of ether oxygens (including phenoxy) is 3. The lowest BCUT2D eigenvalue weighted by atomic mass is 9.41. The maximum Gasteiger partial charge on any atom is 0.347 e. The molecule has 4 fully saturated rings. The molecule has 0 aromatic heterocycles. The Balaban J connectivity index is 1.31. The number of carbonyl (C=O) groups is 4. The second-order valence-corrected chi connectivity index (χ2v) is 13.8. The van der Waals surface area contributed by atoms with Crippen molar-refractivity contribution in [2.24, 2.45) is 34.5 Å². The molecule has 222 valence electrons. The van der Waals surface area contributed by atoms with Gasteiger partial charge in [-0.2, -0.15) is 0 Å². The van der Waals surface area contributed by atoms with Crippen LogP contribution in [0.3, 0.4) is 0 Å². The van der Waals surface area contributed by atoms with Gasteiger partial charge in [0.05, 0.1) is 16.6 Å². The topological polar surface area (TPSA) is 136 Å². The molecule has 0 spiro atoms. The molecular formula is C31H44O9. The molecule has 0 aromatic carbocycles. The van der Waals surface area contributed by atoms with Crippen LogP contribution < -0.4 is 0 Å². The molecule has 4 aliphatic carbocycles.